The summed E-state index contributed by atoms with van der Waals surface area (Å²) in [5, 5.41) is 13.5. The Balaban J connectivity index is 1.92. The molecule has 8 nitrogen and oxygen atoms in total. The molecule has 0 fully saturated rings. The molecule has 0 spiro atoms. The predicted molar refractivity (Wildman–Crippen MR) is 112 cm³/mol. The van der Waals surface area contributed by atoms with Crippen molar-refractivity contribution in [3.8, 4) is 5.75 Å². The molecule has 0 saturated heterocycles. The molecule has 0 saturated carbocycles. The fourth-order valence-corrected chi connectivity index (χ4v) is 3.61. The number of nitro benzene ring substituents is 1. The molecule has 0 bridgehead atoms. The van der Waals surface area contributed by atoms with E-state index < -0.39 is 10.8 Å². The minimum Gasteiger partial charge on any atom is -0.495 e. The van der Waals surface area contributed by atoms with Crippen molar-refractivity contribution in [2.24, 2.45) is 7.05 Å². The Morgan fingerprint density at radius 3 is 2.55 bits per heavy atom. The summed E-state index contributed by atoms with van der Waals surface area (Å²) in [5.74, 6) is 0.134. The van der Waals surface area contributed by atoms with Gasteiger partial charge in [-0.2, -0.15) is 0 Å². The maximum atomic E-state index is 12.5. The van der Waals surface area contributed by atoms with Gasteiger partial charge in [0.25, 0.3) is 17.2 Å². The number of nitrogens with zero attached hydrogens (tertiary/aromatic N) is 2. The predicted octanol–water partition coefficient (Wildman–Crippen LogP) is 1.61. The lowest BCUT2D eigenvalue weighted by Crippen LogP contribution is -2.29. The number of carbonyl (C=O) groups excluding carboxylic acids is 1. The molecular formula is C20H17N3O5S. The van der Waals surface area contributed by atoms with E-state index in [9.17, 15) is 19.7 Å². The number of benzene rings is 2. The third-order valence-electron chi connectivity index (χ3n) is 4.08. The first-order chi connectivity index (χ1) is 13.9. The number of aromatic nitrogens is 1. The van der Waals surface area contributed by atoms with Crippen LogP contribution >= 0.6 is 11.3 Å². The van der Waals surface area contributed by atoms with Crippen LogP contribution in [0.5, 0.6) is 5.75 Å². The molecule has 3 rings (SSSR count). The number of amides is 1. The molecule has 9 heteroatoms. The molecule has 2 aromatic carbocycles. The number of nitro groups is 1. The molecule has 1 amide bonds. The van der Waals surface area contributed by atoms with Crippen LogP contribution in [0, 0.1) is 10.1 Å². The SMILES string of the molecule is COc1ccccc1NC(=O)/C=c1\s/c(=C\c2ccc([N+](=O)[O-])cc2)c(=O)n1C. The highest BCUT2D eigenvalue weighted by molar-refractivity contribution is 7.07. The van der Waals surface area contributed by atoms with E-state index in [4.69, 9.17) is 4.74 Å². The Labute approximate surface area is 169 Å². The maximum Gasteiger partial charge on any atom is 0.269 e. The number of methoxy groups -OCH3 is 1. The van der Waals surface area contributed by atoms with Gasteiger partial charge < -0.3 is 14.6 Å². The van der Waals surface area contributed by atoms with Gasteiger partial charge in [-0.3, -0.25) is 19.7 Å². The van der Waals surface area contributed by atoms with E-state index in [1.165, 1.54) is 29.9 Å². The lowest BCUT2D eigenvalue weighted by Gasteiger charge is -2.07. The van der Waals surface area contributed by atoms with Crippen LogP contribution in [0.3, 0.4) is 0 Å². The quantitative estimate of drug-likeness (QED) is 0.508. The number of nitrogens with one attached hydrogen (secondary N) is 1. The van der Waals surface area contributed by atoms with Crippen LogP contribution in [0.2, 0.25) is 0 Å². The number of thiazole rings is 1. The van der Waals surface area contributed by atoms with Gasteiger partial charge >= 0.3 is 0 Å². The van der Waals surface area contributed by atoms with Gasteiger partial charge in [-0.1, -0.05) is 12.1 Å². The van der Waals surface area contributed by atoms with E-state index in [1.54, 1.807) is 49.5 Å². The van der Waals surface area contributed by atoms with Crippen LogP contribution < -0.4 is 24.8 Å². The first-order valence-corrected chi connectivity index (χ1v) is 9.28. The summed E-state index contributed by atoms with van der Waals surface area (Å²) < 4.78 is 7.47. The zero-order chi connectivity index (χ0) is 21.0. The Morgan fingerprint density at radius 2 is 1.90 bits per heavy atom. The van der Waals surface area contributed by atoms with Crippen molar-refractivity contribution < 1.29 is 14.5 Å². The fourth-order valence-electron chi connectivity index (χ4n) is 2.58. The number of carbonyl (C=O) groups is 1. The lowest BCUT2D eigenvalue weighted by atomic mass is 10.2. The Hall–Kier alpha value is -3.72. The summed E-state index contributed by atoms with van der Waals surface area (Å²) in [6.07, 6.45) is 2.97. The third kappa shape index (κ3) is 4.58. The van der Waals surface area contributed by atoms with Gasteiger partial charge in [-0.05, 0) is 35.9 Å². The van der Waals surface area contributed by atoms with Gasteiger partial charge in [0, 0.05) is 25.3 Å². The molecule has 0 aliphatic rings. The second-order valence-corrected chi connectivity index (χ2v) is 7.06. The van der Waals surface area contributed by atoms with Crippen LogP contribution in [-0.4, -0.2) is 22.5 Å². The number of anilines is 1. The summed E-state index contributed by atoms with van der Waals surface area (Å²) >= 11 is 1.15. The minimum atomic E-state index is -0.485. The van der Waals surface area contributed by atoms with Crippen LogP contribution in [-0.2, 0) is 11.8 Å². The summed E-state index contributed by atoms with van der Waals surface area (Å²) in [7, 11) is 3.09. The zero-order valence-electron chi connectivity index (χ0n) is 15.6. The highest BCUT2D eigenvalue weighted by atomic mass is 32.1. The molecule has 0 aliphatic carbocycles. The van der Waals surface area contributed by atoms with Crippen LogP contribution in [0.25, 0.3) is 12.2 Å². The normalized spacial score (nSPS) is 12.1. The molecule has 148 valence electrons. The first kappa shape index (κ1) is 20.0. The average Bonchev–Trinajstić information content (AvgIpc) is 2.96. The number of ether oxygens (including phenoxy) is 1. The van der Waals surface area contributed by atoms with Crippen molar-refractivity contribution in [1.82, 2.24) is 4.57 Å². The molecule has 1 heterocycles. The van der Waals surface area contributed by atoms with E-state index in [2.05, 4.69) is 5.32 Å². The van der Waals surface area contributed by atoms with Gasteiger partial charge in [0.15, 0.2) is 0 Å². The number of hydrogen-bond donors (Lipinski definition) is 1. The number of non-ortho nitro benzene ring substituents is 1. The van der Waals surface area contributed by atoms with Crippen LogP contribution in [0.4, 0.5) is 11.4 Å². The molecule has 0 radical (unpaired) electrons. The summed E-state index contributed by atoms with van der Waals surface area (Å²) in [6, 6.07) is 12.9. The summed E-state index contributed by atoms with van der Waals surface area (Å²) in [4.78, 5) is 35.1. The molecule has 0 atom stereocenters. The van der Waals surface area contributed by atoms with Gasteiger partial charge in [0.05, 0.1) is 22.3 Å². The van der Waals surface area contributed by atoms with Gasteiger partial charge in [-0.25, -0.2) is 0 Å². The first-order valence-electron chi connectivity index (χ1n) is 8.47. The average molecular weight is 411 g/mol. The number of para-hydroxylation sites is 2. The van der Waals surface area contributed by atoms with Crippen LogP contribution in [0.15, 0.2) is 53.3 Å². The molecule has 29 heavy (non-hydrogen) atoms. The third-order valence-corrected chi connectivity index (χ3v) is 5.19. The monoisotopic (exact) mass is 411 g/mol. The van der Waals surface area contributed by atoms with Crippen molar-refractivity contribution in [2.75, 3.05) is 12.4 Å². The van der Waals surface area contributed by atoms with Gasteiger partial charge in [0.1, 0.15) is 10.4 Å². The summed E-state index contributed by atoms with van der Waals surface area (Å²) in [5.41, 5.74) is 0.892. The molecular weight excluding hydrogens is 394 g/mol. The Kier molecular flexibility index (Phi) is 5.89. The van der Waals surface area contributed by atoms with Crippen molar-refractivity contribution in [2.45, 2.75) is 0 Å². The molecule has 3 aromatic rings. The largest absolute Gasteiger partial charge is 0.495 e. The fraction of sp³-hybridized carbons (Fsp3) is 0.100. The van der Waals surface area contributed by atoms with E-state index in [0.717, 1.165) is 11.3 Å². The van der Waals surface area contributed by atoms with Crippen molar-refractivity contribution in [3.05, 3.63) is 83.8 Å². The smallest absolute Gasteiger partial charge is 0.269 e. The molecule has 1 aromatic heterocycles. The Morgan fingerprint density at radius 1 is 1.21 bits per heavy atom. The van der Waals surface area contributed by atoms with Crippen LogP contribution in [0.1, 0.15) is 5.56 Å². The molecule has 1 N–H and O–H groups in total. The van der Waals surface area contributed by atoms with Crippen molar-refractivity contribution in [3.63, 3.8) is 0 Å². The Bertz CT molecular complexity index is 1240. The molecule has 0 unspecified atom stereocenters. The van der Waals surface area contributed by atoms with E-state index in [0.29, 0.717) is 26.2 Å². The zero-order valence-corrected chi connectivity index (χ0v) is 16.4. The van der Waals surface area contributed by atoms with E-state index >= 15 is 0 Å². The highest BCUT2D eigenvalue weighted by Crippen LogP contribution is 2.22. The topological polar surface area (TPSA) is 103 Å². The second kappa shape index (κ2) is 8.53. The second-order valence-electron chi connectivity index (χ2n) is 6.00. The minimum absolute atomic E-state index is 0.0248. The van der Waals surface area contributed by atoms with Gasteiger partial charge in [0.2, 0.25) is 0 Å². The van der Waals surface area contributed by atoms with Gasteiger partial charge in [-0.15, -0.1) is 11.3 Å². The van der Waals surface area contributed by atoms with Crippen molar-refractivity contribution in [1.29, 1.82) is 0 Å². The number of rotatable bonds is 5. The van der Waals surface area contributed by atoms with E-state index in [1.807, 2.05) is 0 Å². The maximum absolute atomic E-state index is 12.5. The molecule has 0 aliphatic heterocycles. The lowest BCUT2D eigenvalue weighted by molar-refractivity contribution is -0.384. The van der Waals surface area contributed by atoms with Crippen molar-refractivity contribution >= 4 is 40.8 Å². The highest BCUT2D eigenvalue weighted by Gasteiger charge is 2.07. The number of hydrogen-bond acceptors (Lipinski definition) is 6. The summed E-state index contributed by atoms with van der Waals surface area (Å²) in [6.45, 7) is 0. The standard InChI is InChI=1S/C20H17N3O5S/c1-22-19(12-18(24)21-15-5-3-4-6-16(15)28-2)29-17(20(22)25)11-13-7-9-14(10-8-13)23(26)27/h3-12H,1-2H3,(H,21,24)/b17-11-,19-12-. The van der Waals surface area contributed by atoms with E-state index in [-0.39, 0.29) is 11.2 Å².